The normalized spacial score (nSPS) is 10.8. The van der Waals surface area contributed by atoms with Gasteiger partial charge in [0.25, 0.3) is 0 Å². The first-order chi connectivity index (χ1) is 9.19. The molecule has 0 unspecified atom stereocenters. The van der Waals surface area contributed by atoms with Crippen LogP contribution in [-0.4, -0.2) is 26.4 Å². The van der Waals surface area contributed by atoms with E-state index in [0.717, 1.165) is 12.1 Å². The molecule has 0 atom stereocenters. The fourth-order valence-electron chi connectivity index (χ4n) is 1.77. The predicted molar refractivity (Wildman–Crippen MR) is 75.6 cm³/mol. The summed E-state index contributed by atoms with van der Waals surface area (Å²) in [6, 6.07) is 5.76. The smallest absolute Gasteiger partial charge is 0.165 e. The summed E-state index contributed by atoms with van der Waals surface area (Å²) in [5.74, 6) is 1.92. The molecule has 0 aliphatic carbocycles. The van der Waals surface area contributed by atoms with Gasteiger partial charge in [-0.15, -0.1) is 0 Å². The van der Waals surface area contributed by atoms with Gasteiger partial charge in [0, 0.05) is 12.1 Å². The predicted octanol–water partition coefficient (Wildman–Crippen LogP) is 3.18. The lowest BCUT2D eigenvalue weighted by atomic mass is 10.1. The van der Waals surface area contributed by atoms with E-state index in [-0.39, 0.29) is 6.61 Å². The van der Waals surface area contributed by atoms with Crippen molar-refractivity contribution in [3.63, 3.8) is 0 Å². The third kappa shape index (κ3) is 5.47. The van der Waals surface area contributed by atoms with Crippen LogP contribution in [0.2, 0.25) is 0 Å². The van der Waals surface area contributed by atoms with Crippen molar-refractivity contribution in [2.24, 2.45) is 5.92 Å². The largest absolute Gasteiger partial charge is 0.490 e. The van der Waals surface area contributed by atoms with Crippen molar-refractivity contribution in [3.8, 4) is 11.5 Å². The van der Waals surface area contributed by atoms with Crippen LogP contribution < -0.4 is 14.8 Å². The zero-order chi connectivity index (χ0) is 14.1. The third-order valence-electron chi connectivity index (χ3n) is 2.55. The number of hydrogen-bond donors (Lipinski definition) is 1. The lowest BCUT2D eigenvalue weighted by Crippen LogP contribution is -2.19. The maximum atomic E-state index is 12.3. The Kier molecular flexibility index (Phi) is 7.26. The van der Waals surface area contributed by atoms with Crippen LogP contribution in [0.5, 0.6) is 11.5 Å². The number of para-hydroxylation sites is 1. The van der Waals surface area contributed by atoms with Crippen molar-refractivity contribution >= 4 is 0 Å². The maximum absolute atomic E-state index is 12.3. The van der Waals surface area contributed by atoms with Gasteiger partial charge in [-0.05, 0) is 25.5 Å². The van der Waals surface area contributed by atoms with Gasteiger partial charge in [0.1, 0.15) is 13.3 Å². The quantitative estimate of drug-likeness (QED) is 0.747. The molecule has 1 aromatic carbocycles. The molecule has 1 aromatic rings. The molecular weight excluding hydrogens is 245 g/mol. The van der Waals surface area contributed by atoms with E-state index in [9.17, 15) is 4.39 Å². The van der Waals surface area contributed by atoms with Crippen LogP contribution in [0.15, 0.2) is 18.2 Å². The van der Waals surface area contributed by atoms with Gasteiger partial charge in [0.05, 0.1) is 6.61 Å². The van der Waals surface area contributed by atoms with Gasteiger partial charge in [-0.25, -0.2) is 4.39 Å². The Morgan fingerprint density at radius 3 is 2.68 bits per heavy atom. The summed E-state index contributed by atoms with van der Waals surface area (Å²) in [5, 5.41) is 3.36. The minimum absolute atomic E-state index is 0.0568. The highest BCUT2D eigenvalue weighted by molar-refractivity contribution is 5.46. The van der Waals surface area contributed by atoms with E-state index in [1.165, 1.54) is 0 Å². The van der Waals surface area contributed by atoms with Gasteiger partial charge in [0.2, 0.25) is 0 Å². The summed E-state index contributed by atoms with van der Waals surface area (Å²) < 4.78 is 23.3. The average Bonchev–Trinajstić information content (AvgIpc) is 2.38. The molecule has 0 aromatic heterocycles. The van der Waals surface area contributed by atoms with E-state index in [4.69, 9.17) is 9.47 Å². The average molecular weight is 269 g/mol. The van der Waals surface area contributed by atoms with E-state index in [2.05, 4.69) is 19.2 Å². The van der Waals surface area contributed by atoms with Crippen molar-refractivity contribution < 1.29 is 13.9 Å². The SMILES string of the molecule is CCOc1cccc(CNCC(C)C)c1OCCF. The summed E-state index contributed by atoms with van der Waals surface area (Å²) in [6.07, 6.45) is 0. The fourth-order valence-corrected chi connectivity index (χ4v) is 1.77. The maximum Gasteiger partial charge on any atom is 0.165 e. The van der Waals surface area contributed by atoms with Gasteiger partial charge in [0.15, 0.2) is 11.5 Å². The zero-order valence-electron chi connectivity index (χ0n) is 12.0. The Hall–Kier alpha value is -1.29. The van der Waals surface area contributed by atoms with Gasteiger partial charge < -0.3 is 14.8 Å². The van der Waals surface area contributed by atoms with Crippen molar-refractivity contribution in [1.82, 2.24) is 5.32 Å². The molecule has 4 heteroatoms. The molecule has 108 valence electrons. The first-order valence-electron chi connectivity index (χ1n) is 6.83. The highest BCUT2D eigenvalue weighted by Crippen LogP contribution is 2.31. The van der Waals surface area contributed by atoms with Crippen LogP contribution in [-0.2, 0) is 6.54 Å². The Bertz CT molecular complexity index is 369. The minimum Gasteiger partial charge on any atom is -0.490 e. The first kappa shape index (κ1) is 15.8. The second kappa shape index (κ2) is 8.75. The van der Waals surface area contributed by atoms with Gasteiger partial charge >= 0.3 is 0 Å². The summed E-state index contributed by atoms with van der Waals surface area (Å²) >= 11 is 0. The molecular formula is C15H24FNO2. The Morgan fingerprint density at radius 2 is 2.05 bits per heavy atom. The van der Waals surface area contributed by atoms with Gasteiger partial charge in [-0.2, -0.15) is 0 Å². The Morgan fingerprint density at radius 1 is 1.26 bits per heavy atom. The number of hydrogen-bond acceptors (Lipinski definition) is 3. The van der Waals surface area contributed by atoms with E-state index in [1.807, 2.05) is 25.1 Å². The molecule has 0 aliphatic rings. The number of nitrogens with one attached hydrogen (secondary N) is 1. The van der Waals surface area contributed by atoms with Crippen LogP contribution in [0.25, 0.3) is 0 Å². The number of ether oxygens (including phenoxy) is 2. The van der Waals surface area contributed by atoms with E-state index in [0.29, 0.717) is 30.6 Å². The van der Waals surface area contributed by atoms with Crippen molar-refractivity contribution in [1.29, 1.82) is 0 Å². The zero-order valence-corrected chi connectivity index (χ0v) is 12.0. The summed E-state index contributed by atoms with van der Waals surface area (Å²) in [7, 11) is 0. The Labute approximate surface area is 115 Å². The highest BCUT2D eigenvalue weighted by Gasteiger charge is 2.11. The molecule has 0 saturated carbocycles. The molecule has 0 aliphatic heterocycles. The molecule has 3 nitrogen and oxygen atoms in total. The van der Waals surface area contributed by atoms with Crippen LogP contribution in [0.3, 0.4) is 0 Å². The van der Waals surface area contributed by atoms with E-state index in [1.54, 1.807) is 0 Å². The molecule has 0 spiro atoms. The van der Waals surface area contributed by atoms with E-state index >= 15 is 0 Å². The first-order valence-corrected chi connectivity index (χ1v) is 6.83. The summed E-state index contributed by atoms with van der Waals surface area (Å²) in [4.78, 5) is 0. The molecule has 0 amide bonds. The molecule has 0 bridgehead atoms. The van der Waals surface area contributed by atoms with Crippen molar-refractivity contribution in [3.05, 3.63) is 23.8 Å². The molecule has 0 fully saturated rings. The molecule has 0 radical (unpaired) electrons. The number of alkyl halides is 1. The fraction of sp³-hybridized carbons (Fsp3) is 0.600. The van der Waals surface area contributed by atoms with Crippen LogP contribution in [0, 0.1) is 5.92 Å². The molecule has 1 rings (SSSR count). The number of rotatable bonds is 9. The lowest BCUT2D eigenvalue weighted by molar-refractivity contribution is 0.249. The Balaban J connectivity index is 2.78. The van der Waals surface area contributed by atoms with Crippen LogP contribution in [0.4, 0.5) is 4.39 Å². The second-order valence-corrected chi connectivity index (χ2v) is 4.74. The minimum atomic E-state index is -0.501. The van der Waals surface area contributed by atoms with Crippen LogP contribution in [0.1, 0.15) is 26.3 Å². The highest BCUT2D eigenvalue weighted by atomic mass is 19.1. The lowest BCUT2D eigenvalue weighted by Gasteiger charge is -2.16. The molecule has 0 saturated heterocycles. The second-order valence-electron chi connectivity index (χ2n) is 4.74. The van der Waals surface area contributed by atoms with E-state index < -0.39 is 6.67 Å². The van der Waals surface area contributed by atoms with Crippen molar-refractivity contribution in [2.75, 3.05) is 26.4 Å². The van der Waals surface area contributed by atoms with Gasteiger partial charge in [-0.3, -0.25) is 0 Å². The number of halogens is 1. The molecule has 0 heterocycles. The third-order valence-corrected chi connectivity index (χ3v) is 2.55. The van der Waals surface area contributed by atoms with Crippen LogP contribution >= 0.6 is 0 Å². The molecule has 19 heavy (non-hydrogen) atoms. The number of benzene rings is 1. The topological polar surface area (TPSA) is 30.5 Å². The summed E-state index contributed by atoms with van der Waals surface area (Å²) in [6.45, 7) is 7.98. The van der Waals surface area contributed by atoms with Crippen molar-refractivity contribution in [2.45, 2.75) is 27.3 Å². The van der Waals surface area contributed by atoms with Gasteiger partial charge in [-0.1, -0.05) is 26.0 Å². The standard InChI is InChI=1S/C15H24FNO2/c1-4-18-14-7-5-6-13(11-17-10-12(2)3)15(14)19-9-8-16/h5-7,12,17H,4,8-11H2,1-3H3. The monoisotopic (exact) mass is 269 g/mol. The molecule has 1 N–H and O–H groups in total. The summed E-state index contributed by atoms with van der Waals surface area (Å²) in [5.41, 5.74) is 1.00.